The van der Waals surface area contributed by atoms with E-state index in [1.165, 1.54) is 13.1 Å². The second-order valence-electron chi connectivity index (χ2n) is 2.07. The number of hydrogen-bond donors (Lipinski definition) is 0. The van der Waals surface area contributed by atoms with Crippen molar-refractivity contribution in [1.29, 1.82) is 0 Å². The van der Waals surface area contributed by atoms with Gasteiger partial charge in [-0.3, -0.25) is 9.78 Å². The van der Waals surface area contributed by atoms with Crippen LogP contribution in [0.2, 0.25) is 0 Å². The number of rotatable bonds is 1. The highest BCUT2D eigenvalue weighted by molar-refractivity contribution is 6.67. The minimum Gasteiger partial charge on any atom is -0.276 e. The minimum atomic E-state index is -0.686. The van der Waals surface area contributed by atoms with E-state index in [-0.39, 0.29) is 11.1 Å². The van der Waals surface area contributed by atoms with Gasteiger partial charge in [0.15, 0.2) is 0 Å². The van der Waals surface area contributed by atoms with Gasteiger partial charge in [0.2, 0.25) is 0 Å². The largest absolute Gasteiger partial charge is 0.276 e. The van der Waals surface area contributed by atoms with E-state index in [9.17, 15) is 9.18 Å². The SMILES string of the molecule is Cc1c(F)cncc1C(=O)Cl. The summed E-state index contributed by atoms with van der Waals surface area (Å²) >= 11 is 5.13. The molecule has 0 saturated carbocycles. The Morgan fingerprint density at radius 1 is 1.64 bits per heavy atom. The Morgan fingerprint density at radius 3 is 2.73 bits per heavy atom. The van der Waals surface area contributed by atoms with Gasteiger partial charge in [0.25, 0.3) is 5.24 Å². The van der Waals surface area contributed by atoms with E-state index in [4.69, 9.17) is 11.6 Å². The summed E-state index contributed by atoms with van der Waals surface area (Å²) in [5.74, 6) is -0.517. The molecule has 0 fully saturated rings. The molecular formula is C7H5ClFNO. The van der Waals surface area contributed by atoms with E-state index in [0.29, 0.717) is 0 Å². The Morgan fingerprint density at radius 2 is 2.27 bits per heavy atom. The van der Waals surface area contributed by atoms with Crippen LogP contribution in [0.25, 0.3) is 0 Å². The molecule has 0 N–H and O–H groups in total. The molecule has 2 nitrogen and oxygen atoms in total. The number of nitrogens with zero attached hydrogens (tertiary/aromatic N) is 1. The van der Waals surface area contributed by atoms with Crippen LogP contribution in [0.5, 0.6) is 0 Å². The molecule has 0 bridgehead atoms. The van der Waals surface area contributed by atoms with E-state index in [2.05, 4.69) is 4.98 Å². The number of carbonyl (C=O) groups is 1. The van der Waals surface area contributed by atoms with Gasteiger partial charge in [-0.2, -0.15) is 0 Å². The third-order valence-electron chi connectivity index (χ3n) is 1.37. The van der Waals surface area contributed by atoms with Crippen LogP contribution in [-0.4, -0.2) is 10.2 Å². The second kappa shape index (κ2) is 2.96. The zero-order valence-electron chi connectivity index (χ0n) is 5.77. The lowest BCUT2D eigenvalue weighted by atomic mass is 10.2. The Bertz CT molecular complexity index is 300. The summed E-state index contributed by atoms with van der Waals surface area (Å²) in [6, 6.07) is 0. The summed E-state index contributed by atoms with van der Waals surface area (Å²) < 4.78 is 12.7. The van der Waals surface area contributed by atoms with Gasteiger partial charge < -0.3 is 0 Å². The number of hydrogen-bond acceptors (Lipinski definition) is 2. The summed E-state index contributed by atoms with van der Waals surface area (Å²) in [5, 5.41) is -0.686. The standard InChI is InChI=1S/C7H5ClFNO/c1-4-5(7(8)11)2-10-3-6(4)9/h2-3H,1H3. The average Bonchev–Trinajstić information content (AvgIpc) is 1.94. The van der Waals surface area contributed by atoms with Crippen molar-refractivity contribution < 1.29 is 9.18 Å². The maximum Gasteiger partial charge on any atom is 0.254 e. The van der Waals surface area contributed by atoms with Crippen molar-refractivity contribution in [3.63, 3.8) is 0 Å². The zero-order valence-corrected chi connectivity index (χ0v) is 6.52. The molecular weight excluding hydrogens is 169 g/mol. The molecule has 0 aliphatic rings. The normalized spacial score (nSPS) is 9.73. The highest BCUT2D eigenvalue weighted by Gasteiger charge is 2.08. The lowest BCUT2D eigenvalue weighted by molar-refractivity contribution is 0.108. The predicted octanol–water partition coefficient (Wildman–Crippen LogP) is 1.91. The van der Waals surface area contributed by atoms with Gasteiger partial charge in [0.05, 0.1) is 11.8 Å². The van der Waals surface area contributed by atoms with Crippen molar-refractivity contribution in [2.45, 2.75) is 6.92 Å². The lowest BCUT2D eigenvalue weighted by Crippen LogP contribution is -1.97. The summed E-state index contributed by atoms with van der Waals surface area (Å²) in [6.07, 6.45) is 2.28. The molecule has 1 heterocycles. The van der Waals surface area contributed by atoms with Gasteiger partial charge >= 0.3 is 0 Å². The maximum absolute atomic E-state index is 12.7. The molecule has 11 heavy (non-hydrogen) atoms. The predicted molar refractivity (Wildman–Crippen MR) is 39.1 cm³/mol. The highest BCUT2D eigenvalue weighted by Crippen LogP contribution is 2.11. The first-order valence-corrected chi connectivity index (χ1v) is 3.30. The van der Waals surface area contributed by atoms with Gasteiger partial charge in [-0.15, -0.1) is 0 Å². The number of aromatic nitrogens is 1. The topological polar surface area (TPSA) is 30.0 Å². The second-order valence-corrected chi connectivity index (χ2v) is 2.41. The van der Waals surface area contributed by atoms with Crippen LogP contribution in [0, 0.1) is 12.7 Å². The molecule has 1 rings (SSSR count). The fourth-order valence-electron chi connectivity index (χ4n) is 0.698. The van der Waals surface area contributed by atoms with Crippen LogP contribution in [-0.2, 0) is 0 Å². The fraction of sp³-hybridized carbons (Fsp3) is 0.143. The minimum absolute atomic E-state index is 0.117. The first-order chi connectivity index (χ1) is 5.13. The van der Waals surface area contributed by atoms with Crippen LogP contribution < -0.4 is 0 Å². The quantitative estimate of drug-likeness (QED) is 0.608. The van der Waals surface area contributed by atoms with Gasteiger partial charge in [-0.05, 0) is 24.1 Å². The molecule has 0 radical (unpaired) electrons. The van der Waals surface area contributed by atoms with Gasteiger partial charge in [-0.1, -0.05) is 0 Å². The van der Waals surface area contributed by atoms with Crippen molar-refractivity contribution in [2.24, 2.45) is 0 Å². The Hall–Kier alpha value is -0.960. The first kappa shape index (κ1) is 8.14. The van der Waals surface area contributed by atoms with Gasteiger partial charge in [0, 0.05) is 6.20 Å². The molecule has 0 spiro atoms. The summed E-state index contributed by atoms with van der Waals surface area (Å²) in [4.78, 5) is 14.1. The molecule has 0 saturated heterocycles. The molecule has 0 aromatic carbocycles. The first-order valence-electron chi connectivity index (χ1n) is 2.93. The zero-order chi connectivity index (χ0) is 8.43. The Labute approximate surface area is 68.0 Å². The molecule has 0 aliphatic carbocycles. The van der Waals surface area contributed by atoms with Crippen molar-refractivity contribution in [3.05, 3.63) is 29.3 Å². The maximum atomic E-state index is 12.7. The van der Waals surface area contributed by atoms with E-state index < -0.39 is 11.1 Å². The third kappa shape index (κ3) is 1.54. The molecule has 0 amide bonds. The van der Waals surface area contributed by atoms with E-state index in [0.717, 1.165) is 6.20 Å². The fourth-order valence-corrected chi connectivity index (χ4v) is 0.888. The van der Waals surface area contributed by atoms with Crippen molar-refractivity contribution in [1.82, 2.24) is 4.98 Å². The molecule has 0 atom stereocenters. The molecule has 1 aromatic heterocycles. The number of carbonyl (C=O) groups excluding carboxylic acids is 1. The average molecular weight is 174 g/mol. The molecule has 58 valence electrons. The summed E-state index contributed by atoms with van der Waals surface area (Å²) in [6.45, 7) is 1.48. The van der Waals surface area contributed by atoms with Gasteiger partial charge in [0.1, 0.15) is 5.82 Å². The molecule has 1 aromatic rings. The van der Waals surface area contributed by atoms with Crippen LogP contribution in [0.15, 0.2) is 12.4 Å². The Balaban J connectivity index is 3.27. The molecule has 4 heteroatoms. The smallest absolute Gasteiger partial charge is 0.254 e. The van der Waals surface area contributed by atoms with Crippen molar-refractivity contribution in [2.75, 3.05) is 0 Å². The van der Waals surface area contributed by atoms with Crippen LogP contribution >= 0.6 is 11.6 Å². The summed E-state index contributed by atoms with van der Waals surface area (Å²) in [5.41, 5.74) is 0.353. The van der Waals surface area contributed by atoms with E-state index in [1.54, 1.807) is 0 Å². The lowest BCUT2D eigenvalue weighted by Gasteiger charge is -1.98. The number of pyridine rings is 1. The van der Waals surface area contributed by atoms with Crippen LogP contribution in [0.4, 0.5) is 4.39 Å². The van der Waals surface area contributed by atoms with Crippen molar-refractivity contribution >= 4 is 16.8 Å². The van der Waals surface area contributed by atoms with Gasteiger partial charge in [-0.25, -0.2) is 4.39 Å². The molecule has 0 unspecified atom stereocenters. The van der Waals surface area contributed by atoms with Crippen molar-refractivity contribution in [3.8, 4) is 0 Å². The number of halogens is 2. The third-order valence-corrected chi connectivity index (χ3v) is 1.57. The molecule has 0 aliphatic heterocycles. The van der Waals surface area contributed by atoms with E-state index >= 15 is 0 Å². The van der Waals surface area contributed by atoms with Crippen LogP contribution in [0.3, 0.4) is 0 Å². The highest BCUT2D eigenvalue weighted by atomic mass is 35.5. The Kier molecular flexibility index (Phi) is 2.19. The van der Waals surface area contributed by atoms with E-state index in [1.807, 2.05) is 0 Å². The van der Waals surface area contributed by atoms with Crippen LogP contribution in [0.1, 0.15) is 15.9 Å². The monoisotopic (exact) mass is 173 g/mol. The summed E-state index contributed by atoms with van der Waals surface area (Å²) in [7, 11) is 0.